The summed E-state index contributed by atoms with van der Waals surface area (Å²) in [5.41, 5.74) is 0.335. The minimum absolute atomic E-state index is 0.185. The molecule has 2 saturated carbocycles. The van der Waals surface area contributed by atoms with E-state index in [1.54, 1.807) is 0 Å². The first-order valence-electron chi connectivity index (χ1n) is 7.45. The molecule has 104 valence electrons. The Labute approximate surface area is 112 Å². The fourth-order valence-corrected chi connectivity index (χ4v) is 3.51. The predicted molar refractivity (Wildman–Crippen MR) is 74.8 cm³/mol. The van der Waals surface area contributed by atoms with Crippen LogP contribution in [0.4, 0.5) is 0 Å². The Balaban J connectivity index is 1.97. The molecule has 0 radical (unpaired) electrons. The van der Waals surface area contributed by atoms with E-state index in [0.29, 0.717) is 11.3 Å². The van der Waals surface area contributed by atoms with Gasteiger partial charge in [-0.2, -0.15) is 0 Å². The molecule has 0 aromatic rings. The number of likely N-dealkylation sites (N-methyl/N-ethyl adjacent to an activating group) is 2. The predicted octanol–water partition coefficient (Wildman–Crippen LogP) is 2.30. The molecule has 0 spiro atoms. The van der Waals surface area contributed by atoms with E-state index in [4.69, 9.17) is 0 Å². The van der Waals surface area contributed by atoms with Crippen molar-refractivity contribution in [2.24, 2.45) is 0 Å². The highest BCUT2D eigenvalue weighted by molar-refractivity contribution is 5.84. The molecule has 18 heavy (non-hydrogen) atoms. The maximum absolute atomic E-state index is 12.2. The van der Waals surface area contributed by atoms with Crippen molar-refractivity contribution >= 4 is 5.78 Å². The van der Waals surface area contributed by atoms with Crippen molar-refractivity contribution in [2.75, 3.05) is 27.7 Å². The average molecular weight is 252 g/mol. The molecule has 0 aliphatic heterocycles. The zero-order valence-corrected chi connectivity index (χ0v) is 12.2. The van der Waals surface area contributed by atoms with E-state index in [9.17, 15) is 4.79 Å². The van der Waals surface area contributed by atoms with E-state index in [0.717, 1.165) is 25.8 Å². The first-order chi connectivity index (χ1) is 8.55. The van der Waals surface area contributed by atoms with Crippen molar-refractivity contribution in [1.29, 1.82) is 0 Å². The molecule has 1 unspecified atom stereocenters. The van der Waals surface area contributed by atoms with Gasteiger partial charge in [-0.3, -0.25) is 9.69 Å². The van der Waals surface area contributed by atoms with Crippen LogP contribution < -0.4 is 0 Å². The topological polar surface area (TPSA) is 23.6 Å². The molecule has 2 rings (SSSR count). The number of hydrogen-bond donors (Lipinski definition) is 0. The number of Topliss-reactive ketones (excluding diaryl/α,β-unsaturated/α-hetero) is 1. The van der Waals surface area contributed by atoms with E-state index >= 15 is 0 Å². The third kappa shape index (κ3) is 2.77. The molecule has 0 saturated heterocycles. The van der Waals surface area contributed by atoms with Gasteiger partial charge in [0.15, 0.2) is 0 Å². The number of carbonyl (C=O) groups excluding carboxylic acids is 1. The molecule has 3 heteroatoms. The van der Waals surface area contributed by atoms with Crippen LogP contribution in [0.5, 0.6) is 0 Å². The second kappa shape index (κ2) is 5.70. The molecule has 0 N–H and O–H groups in total. The van der Waals surface area contributed by atoms with Gasteiger partial charge in [0.1, 0.15) is 5.78 Å². The van der Waals surface area contributed by atoms with E-state index < -0.39 is 0 Å². The minimum Gasteiger partial charge on any atom is -0.302 e. The maximum Gasteiger partial charge on any atom is 0.149 e. The van der Waals surface area contributed by atoms with Gasteiger partial charge in [0, 0.05) is 18.5 Å². The molecule has 0 heterocycles. The number of carbonyl (C=O) groups is 1. The van der Waals surface area contributed by atoms with Crippen molar-refractivity contribution in [3.63, 3.8) is 0 Å². The van der Waals surface area contributed by atoms with Crippen LogP contribution in [0, 0.1) is 0 Å². The van der Waals surface area contributed by atoms with E-state index in [-0.39, 0.29) is 6.04 Å². The Kier molecular flexibility index (Phi) is 4.44. The smallest absolute Gasteiger partial charge is 0.149 e. The number of rotatable bonds is 4. The summed E-state index contributed by atoms with van der Waals surface area (Å²) < 4.78 is 0. The van der Waals surface area contributed by atoms with Crippen LogP contribution in [0.15, 0.2) is 0 Å². The normalized spacial score (nSPS) is 28.3. The standard InChI is InChI=1S/C15H28N2O/c1-16(2)15(10-7-11-15)12-17(3)13-8-5-4-6-9-14(13)18/h13H,4-12H2,1-3H3. The van der Waals surface area contributed by atoms with Crippen molar-refractivity contribution in [3.8, 4) is 0 Å². The molecule has 2 aliphatic rings. The number of nitrogens with zero attached hydrogens (tertiary/aromatic N) is 2. The Hall–Kier alpha value is -0.410. The SMILES string of the molecule is CN(CC1(N(C)C)CCC1)C1CCCCCC1=O. The lowest BCUT2D eigenvalue weighted by Crippen LogP contribution is -2.58. The van der Waals surface area contributed by atoms with Crippen LogP contribution in [0.3, 0.4) is 0 Å². The van der Waals surface area contributed by atoms with Gasteiger partial charge in [0.05, 0.1) is 6.04 Å². The van der Waals surface area contributed by atoms with Crippen molar-refractivity contribution in [2.45, 2.75) is 62.9 Å². The highest BCUT2D eigenvalue weighted by Crippen LogP contribution is 2.37. The summed E-state index contributed by atoms with van der Waals surface area (Å²) in [5.74, 6) is 0.475. The van der Waals surface area contributed by atoms with Gasteiger partial charge in [-0.05, 0) is 53.2 Å². The maximum atomic E-state index is 12.2. The van der Waals surface area contributed by atoms with Crippen LogP contribution >= 0.6 is 0 Å². The Morgan fingerprint density at radius 3 is 2.39 bits per heavy atom. The van der Waals surface area contributed by atoms with Gasteiger partial charge >= 0.3 is 0 Å². The fraction of sp³-hybridized carbons (Fsp3) is 0.933. The van der Waals surface area contributed by atoms with Crippen LogP contribution in [0.1, 0.15) is 51.4 Å². The van der Waals surface area contributed by atoms with Crippen LogP contribution in [0.25, 0.3) is 0 Å². The second-order valence-electron chi connectivity index (χ2n) is 6.47. The number of hydrogen-bond acceptors (Lipinski definition) is 3. The molecule has 2 aliphatic carbocycles. The monoisotopic (exact) mass is 252 g/mol. The third-order valence-corrected chi connectivity index (χ3v) is 5.08. The Bertz CT molecular complexity index is 297. The quantitative estimate of drug-likeness (QED) is 0.717. The molecule has 1 atom stereocenters. The van der Waals surface area contributed by atoms with Crippen molar-refractivity contribution < 1.29 is 4.79 Å². The summed E-state index contributed by atoms with van der Waals surface area (Å²) in [5, 5.41) is 0. The summed E-state index contributed by atoms with van der Waals surface area (Å²) in [6, 6.07) is 0.185. The molecule has 2 fully saturated rings. The molecular weight excluding hydrogens is 224 g/mol. The second-order valence-corrected chi connectivity index (χ2v) is 6.47. The lowest BCUT2D eigenvalue weighted by atomic mass is 9.75. The molecule has 0 aromatic heterocycles. The van der Waals surface area contributed by atoms with Crippen LogP contribution in [-0.2, 0) is 4.79 Å². The van der Waals surface area contributed by atoms with E-state index in [1.165, 1.54) is 32.1 Å². The van der Waals surface area contributed by atoms with Gasteiger partial charge in [-0.25, -0.2) is 0 Å². The highest BCUT2D eigenvalue weighted by atomic mass is 16.1. The van der Waals surface area contributed by atoms with E-state index in [2.05, 4.69) is 30.9 Å². The van der Waals surface area contributed by atoms with Gasteiger partial charge in [-0.15, -0.1) is 0 Å². The van der Waals surface area contributed by atoms with Crippen LogP contribution in [0.2, 0.25) is 0 Å². The first-order valence-corrected chi connectivity index (χ1v) is 7.45. The van der Waals surface area contributed by atoms with Gasteiger partial charge in [0.25, 0.3) is 0 Å². The lowest BCUT2D eigenvalue weighted by Gasteiger charge is -2.50. The highest BCUT2D eigenvalue weighted by Gasteiger charge is 2.41. The summed E-state index contributed by atoms with van der Waals surface area (Å²) >= 11 is 0. The fourth-order valence-electron chi connectivity index (χ4n) is 3.51. The van der Waals surface area contributed by atoms with E-state index in [1.807, 2.05) is 0 Å². The molecule has 0 bridgehead atoms. The zero-order chi connectivity index (χ0) is 13.2. The first kappa shape index (κ1) is 14.0. The molecule has 0 aromatic carbocycles. The van der Waals surface area contributed by atoms with Crippen molar-refractivity contribution in [3.05, 3.63) is 0 Å². The minimum atomic E-state index is 0.185. The largest absolute Gasteiger partial charge is 0.302 e. The van der Waals surface area contributed by atoms with Gasteiger partial charge in [0.2, 0.25) is 0 Å². The Morgan fingerprint density at radius 2 is 1.83 bits per heavy atom. The Morgan fingerprint density at radius 1 is 1.11 bits per heavy atom. The molecule has 0 amide bonds. The van der Waals surface area contributed by atoms with Gasteiger partial charge < -0.3 is 4.90 Å². The van der Waals surface area contributed by atoms with Gasteiger partial charge in [-0.1, -0.05) is 12.8 Å². The summed E-state index contributed by atoms with van der Waals surface area (Å²) in [7, 11) is 6.52. The summed E-state index contributed by atoms with van der Waals surface area (Å²) in [6.45, 7) is 1.05. The summed E-state index contributed by atoms with van der Waals surface area (Å²) in [6.07, 6.45) is 9.32. The van der Waals surface area contributed by atoms with Crippen molar-refractivity contribution in [1.82, 2.24) is 9.80 Å². The molecule has 3 nitrogen and oxygen atoms in total. The molecular formula is C15H28N2O. The summed E-state index contributed by atoms with van der Waals surface area (Å²) in [4.78, 5) is 16.9. The third-order valence-electron chi connectivity index (χ3n) is 5.08. The lowest BCUT2D eigenvalue weighted by molar-refractivity contribution is -0.124. The average Bonchev–Trinajstić information content (AvgIpc) is 2.47. The number of ketones is 1. The zero-order valence-electron chi connectivity index (χ0n) is 12.2. The van der Waals surface area contributed by atoms with Crippen LogP contribution in [-0.4, -0.2) is 54.9 Å².